The van der Waals surface area contributed by atoms with Gasteiger partial charge in [-0.05, 0) is 47.5 Å². The third-order valence-corrected chi connectivity index (χ3v) is 5.06. The van der Waals surface area contributed by atoms with E-state index in [9.17, 15) is 26.7 Å². The fourth-order valence-corrected chi connectivity index (χ4v) is 3.57. The summed E-state index contributed by atoms with van der Waals surface area (Å²) in [5.41, 5.74) is 2.35. The molecule has 0 bridgehead atoms. The van der Waals surface area contributed by atoms with Crippen molar-refractivity contribution in [3.8, 4) is 11.5 Å². The second-order valence-electron chi connectivity index (χ2n) is 7.44. The molecule has 3 aromatic carbocycles. The average molecular weight is 491 g/mol. The smallest absolute Gasteiger partial charge is 0.435 e. The van der Waals surface area contributed by atoms with Crippen LogP contribution in [0.25, 0.3) is 0 Å². The number of hydrogen-bond acceptors (Lipinski definition) is 4. The standard InChI is InChI=1S/C24H18F5N3O3/c25-22(26)34-18-10-6-15(7-11-18)20-14-32(31-21(20)16-4-2-1-3-5-16)23(33)30-17-8-12-19(13-9-17)35-24(27,28)29/h1-13,20,22H,14H2,(H,30,33). The highest BCUT2D eigenvalue weighted by molar-refractivity contribution is 6.07. The maximum atomic E-state index is 12.9. The van der Waals surface area contributed by atoms with Gasteiger partial charge in [0, 0.05) is 11.6 Å². The topological polar surface area (TPSA) is 63.2 Å². The number of anilines is 1. The molecule has 1 atom stereocenters. The van der Waals surface area contributed by atoms with Crippen LogP contribution in [-0.4, -0.2) is 36.3 Å². The van der Waals surface area contributed by atoms with E-state index in [1.807, 2.05) is 30.3 Å². The number of nitrogens with zero attached hydrogens (tertiary/aromatic N) is 2. The lowest BCUT2D eigenvalue weighted by molar-refractivity contribution is -0.274. The van der Waals surface area contributed by atoms with Crippen molar-refractivity contribution in [1.82, 2.24) is 5.01 Å². The molecule has 1 aliphatic heterocycles. The first-order valence-electron chi connectivity index (χ1n) is 10.3. The van der Waals surface area contributed by atoms with Crippen molar-refractivity contribution in [3.05, 3.63) is 90.0 Å². The lowest BCUT2D eigenvalue weighted by Crippen LogP contribution is -2.30. The van der Waals surface area contributed by atoms with Crippen molar-refractivity contribution in [3.63, 3.8) is 0 Å². The Morgan fingerprint density at radius 3 is 2.17 bits per heavy atom. The monoisotopic (exact) mass is 491 g/mol. The molecule has 1 heterocycles. The number of benzene rings is 3. The maximum absolute atomic E-state index is 12.9. The fraction of sp³-hybridized carbons (Fsp3) is 0.167. The summed E-state index contributed by atoms with van der Waals surface area (Å²) >= 11 is 0. The number of halogens is 5. The summed E-state index contributed by atoms with van der Waals surface area (Å²) in [7, 11) is 0. The summed E-state index contributed by atoms with van der Waals surface area (Å²) in [5.74, 6) is -0.765. The SMILES string of the molecule is O=C(Nc1ccc(OC(F)(F)F)cc1)N1CC(c2ccc(OC(F)F)cc2)C(c2ccccc2)=N1. The van der Waals surface area contributed by atoms with E-state index in [2.05, 4.69) is 19.9 Å². The molecule has 1 aliphatic rings. The second-order valence-corrected chi connectivity index (χ2v) is 7.44. The number of hydrazone groups is 1. The van der Waals surface area contributed by atoms with Crippen LogP contribution >= 0.6 is 0 Å². The zero-order chi connectivity index (χ0) is 25.0. The summed E-state index contributed by atoms with van der Waals surface area (Å²) in [6.07, 6.45) is -4.82. The van der Waals surface area contributed by atoms with Gasteiger partial charge in [-0.2, -0.15) is 13.9 Å². The average Bonchev–Trinajstić information content (AvgIpc) is 3.26. The third kappa shape index (κ3) is 6.25. The molecule has 3 aromatic rings. The van der Waals surface area contributed by atoms with Crippen LogP contribution in [0.4, 0.5) is 32.4 Å². The quantitative estimate of drug-likeness (QED) is 0.417. The highest BCUT2D eigenvalue weighted by atomic mass is 19.4. The Kier molecular flexibility index (Phi) is 6.85. The predicted molar refractivity (Wildman–Crippen MR) is 118 cm³/mol. The Morgan fingerprint density at radius 1 is 0.943 bits per heavy atom. The van der Waals surface area contributed by atoms with Gasteiger partial charge in [0.1, 0.15) is 11.5 Å². The molecule has 0 aliphatic carbocycles. The summed E-state index contributed by atoms with van der Waals surface area (Å²) in [5, 5.41) is 8.26. The van der Waals surface area contributed by atoms with E-state index in [4.69, 9.17) is 0 Å². The van der Waals surface area contributed by atoms with Gasteiger partial charge in [0.25, 0.3) is 0 Å². The largest absolute Gasteiger partial charge is 0.573 e. The molecule has 1 N–H and O–H groups in total. The van der Waals surface area contributed by atoms with E-state index in [1.165, 1.54) is 29.3 Å². The minimum Gasteiger partial charge on any atom is -0.435 e. The van der Waals surface area contributed by atoms with Gasteiger partial charge in [0.05, 0.1) is 12.3 Å². The van der Waals surface area contributed by atoms with Crippen molar-refractivity contribution < 1.29 is 36.2 Å². The lowest BCUT2D eigenvalue weighted by atomic mass is 9.90. The van der Waals surface area contributed by atoms with Crippen LogP contribution < -0.4 is 14.8 Å². The van der Waals surface area contributed by atoms with E-state index in [1.54, 1.807) is 12.1 Å². The van der Waals surface area contributed by atoms with Crippen LogP contribution in [0.2, 0.25) is 0 Å². The number of carbonyl (C=O) groups excluding carboxylic acids is 1. The zero-order valence-electron chi connectivity index (χ0n) is 17.9. The van der Waals surface area contributed by atoms with Crippen LogP contribution in [0.1, 0.15) is 17.0 Å². The highest BCUT2D eigenvalue weighted by Gasteiger charge is 2.33. The summed E-state index contributed by atoms with van der Waals surface area (Å²) in [6.45, 7) is -2.79. The number of rotatable bonds is 6. The molecule has 0 saturated heterocycles. The molecule has 4 rings (SSSR count). The van der Waals surface area contributed by atoms with E-state index in [-0.39, 0.29) is 23.9 Å². The molecule has 2 amide bonds. The Morgan fingerprint density at radius 2 is 1.57 bits per heavy atom. The Balaban J connectivity index is 1.52. The summed E-state index contributed by atoms with van der Waals surface area (Å²) in [4.78, 5) is 12.9. The van der Waals surface area contributed by atoms with Crippen LogP contribution in [0.3, 0.4) is 0 Å². The normalized spacial score (nSPS) is 15.7. The first kappa shape index (κ1) is 24.0. The summed E-state index contributed by atoms with van der Waals surface area (Å²) in [6, 6.07) is 19.3. The van der Waals surface area contributed by atoms with E-state index >= 15 is 0 Å². The van der Waals surface area contributed by atoms with Crippen LogP contribution in [0, 0.1) is 0 Å². The Labute approximate surface area is 196 Å². The summed E-state index contributed by atoms with van der Waals surface area (Å²) < 4.78 is 70.2. The number of nitrogens with one attached hydrogen (secondary N) is 1. The Bertz CT molecular complexity index is 1180. The molecule has 0 fully saturated rings. The first-order valence-corrected chi connectivity index (χ1v) is 10.3. The van der Waals surface area contributed by atoms with E-state index in [0.717, 1.165) is 23.3 Å². The van der Waals surface area contributed by atoms with Crippen molar-refractivity contribution in [1.29, 1.82) is 0 Å². The van der Waals surface area contributed by atoms with Gasteiger partial charge in [-0.1, -0.05) is 42.5 Å². The van der Waals surface area contributed by atoms with Crippen molar-refractivity contribution in [2.75, 3.05) is 11.9 Å². The van der Waals surface area contributed by atoms with Crippen LogP contribution in [-0.2, 0) is 0 Å². The van der Waals surface area contributed by atoms with Gasteiger partial charge in [-0.15, -0.1) is 13.2 Å². The number of hydrogen-bond donors (Lipinski definition) is 1. The van der Waals surface area contributed by atoms with E-state index < -0.39 is 24.8 Å². The molecule has 11 heteroatoms. The van der Waals surface area contributed by atoms with Gasteiger partial charge in [0.2, 0.25) is 0 Å². The highest BCUT2D eigenvalue weighted by Crippen LogP contribution is 2.31. The lowest BCUT2D eigenvalue weighted by Gasteiger charge is -2.16. The minimum absolute atomic E-state index is 0.00694. The van der Waals surface area contributed by atoms with Crippen molar-refractivity contribution >= 4 is 17.4 Å². The molecule has 182 valence electrons. The van der Waals surface area contributed by atoms with Gasteiger partial charge in [-0.25, -0.2) is 9.80 Å². The molecular formula is C24H18F5N3O3. The number of amides is 2. The number of urea groups is 1. The zero-order valence-corrected chi connectivity index (χ0v) is 17.9. The predicted octanol–water partition coefficient (Wildman–Crippen LogP) is 6.22. The molecule has 0 spiro atoms. The van der Waals surface area contributed by atoms with Crippen LogP contribution in [0.5, 0.6) is 11.5 Å². The van der Waals surface area contributed by atoms with Gasteiger partial charge in [-0.3, -0.25) is 0 Å². The molecule has 6 nitrogen and oxygen atoms in total. The van der Waals surface area contributed by atoms with Gasteiger partial charge in [0.15, 0.2) is 0 Å². The third-order valence-electron chi connectivity index (χ3n) is 5.06. The first-order chi connectivity index (χ1) is 16.7. The van der Waals surface area contributed by atoms with E-state index in [0.29, 0.717) is 5.71 Å². The molecule has 0 aromatic heterocycles. The molecule has 35 heavy (non-hydrogen) atoms. The van der Waals surface area contributed by atoms with Gasteiger partial charge >= 0.3 is 19.0 Å². The van der Waals surface area contributed by atoms with Crippen LogP contribution in [0.15, 0.2) is 84.0 Å². The second kappa shape index (κ2) is 10.00. The number of ether oxygens (including phenoxy) is 2. The molecule has 0 saturated carbocycles. The molecule has 0 radical (unpaired) electrons. The number of carbonyl (C=O) groups is 1. The fourth-order valence-electron chi connectivity index (χ4n) is 3.57. The number of alkyl halides is 5. The molecular weight excluding hydrogens is 473 g/mol. The van der Waals surface area contributed by atoms with Gasteiger partial charge < -0.3 is 14.8 Å². The van der Waals surface area contributed by atoms with Crippen molar-refractivity contribution in [2.24, 2.45) is 5.10 Å². The van der Waals surface area contributed by atoms with Crippen molar-refractivity contribution in [2.45, 2.75) is 18.9 Å². The maximum Gasteiger partial charge on any atom is 0.573 e. The minimum atomic E-state index is -4.82. The Hall–Kier alpha value is -4.15. The molecule has 1 unspecified atom stereocenters.